The third-order valence-corrected chi connectivity index (χ3v) is 6.46. The number of allylic oxidation sites excluding steroid dienone is 1. The number of amides is 2. The zero-order valence-corrected chi connectivity index (χ0v) is 21.4. The molecule has 2 N–H and O–H groups in total. The van der Waals surface area contributed by atoms with E-state index in [1.807, 2.05) is 13.8 Å². The van der Waals surface area contributed by atoms with Crippen molar-refractivity contribution in [1.29, 1.82) is 0 Å². The number of rotatable bonds is 10. The lowest BCUT2D eigenvalue weighted by Crippen LogP contribution is -2.34. The predicted molar refractivity (Wildman–Crippen MR) is 137 cm³/mol. The van der Waals surface area contributed by atoms with Crippen molar-refractivity contribution >= 4 is 52.5 Å². The summed E-state index contributed by atoms with van der Waals surface area (Å²) in [6.45, 7) is 8.03. The normalized spacial score (nSPS) is 11.8. The highest BCUT2D eigenvalue weighted by Crippen LogP contribution is 2.27. The fourth-order valence-corrected chi connectivity index (χ4v) is 4.49. The van der Waals surface area contributed by atoms with Crippen LogP contribution in [0.5, 0.6) is 0 Å². The summed E-state index contributed by atoms with van der Waals surface area (Å²) in [4.78, 5) is 25.3. The third kappa shape index (κ3) is 6.84. The molecule has 184 valence electrons. The second kappa shape index (κ2) is 12.2. The molecule has 35 heavy (non-hydrogen) atoms. The van der Waals surface area contributed by atoms with Gasteiger partial charge in [-0.05, 0) is 36.2 Å². The zero-order valence-electron chi connectivity index (χ0n) is 19.1. The van der Waals surface area contributed by atoms with Crippen LogP contribution in [0.2, 0.25) is 10.0 Å². The number of benzene rings is 2. The molecule has 7 nitrogen and oxygen atoms in total. The van der Waals surface area contributed by atoms with Crippen LogP contribution in [0.4, 0.5) is 10.1 Å². The largest absolute Gasteiger partial charge is 0.342 e. The van der Waals surface area contributed by atoms with Gasteiger partial charge in [-0.2, -0.15) is 0 Å². The lowest BCUT2D eigenvalue weighted by molar-refractivity contribution is -0.113. The van der Waals surface area contributed by atoms with Crippen LogP contribution in [0.3, 0.4) is 0 Å². The van der Waals surface area contributed by atoms with Crippen molar-refractivity contribution in [1.82, 2.24) is 20.1 Å². The van der Waals surface area contributed by atoms with Gasteiger partial charge in [-0.25, -0.2) is 4.39 Å². The number of carbonyl (C=O) groups excluding carboxylic acids is 2. The number of hydrogen-bond acceptors (Lipinski definition) is 5. The van der Waals surface area contributed by atoms with Gasteiger partial charge in [0.15, 0.2) is 11.0 Å². The number of para-hydroxylation sites is 1. The average Bonchev–Trinajstić information content (AvgIpc) is 3.19. The minimum Gasteiger partial charge on any atom is -0.342 e. The summed E-state index contributed by atoms with van der Waals surface area (Å²) in [6.07, 6.45) is 1.67. The summed E-state index contributed by atoms with van der Waals surface area (Å²) in [5, 5.41) is 15.2. The molecule has 1 atom stereocenters. The molecule has 0 aliphatic carbocycles. The van der Waals surface area contributed by atoms with Gasteiger partial charge in [0.2, 0.25) is 5.91 Å². The Morgan fingerprint density at radius 1 is 1.20 bits per heavy atom. The molecule has 11 heteroatoms. The van der Waals surface area contributed by atoms with Gasteiger partial charge >= 0.3 is 0 Å². The van der Waals surface area contributed by atoms with Crippen molar-refractivity contribution in [2.45, 2.75) is 31.6 Å². The summed E-state index contributed by atoms with van der Waals surface area (Å²) < 4.78 is 15.6. The van der Waals surface area contributed by atoms with Gasteiger partial charge in [0.05, 0.1) is 28.1 Å². The Hall–Kier alpha value is -2.88. The van der Waals surface area contributed by atoms with Crippen molar-refractivity contribution in [3.05, 3.63) is 82.4 Å². The Balaban J connectivity index is 1.78. The van der Waals surface area contributed by atoms with E-state index in [1.165, 1.54) is 18.2 Å². The van der Waals surface area contributed by atoms with E-state index >= 15 is 0 Å². The Bertz CT molecular complexity index is 1230. The van der Waals surface area contributed by atoms with Crippen LogP contribution in [0.15, 0.2) is 60.3 Å². The maximum Gasteiger partial charge on any atom is 0.253 e. The summed E-state index contributed by atoms with van der Waals surface area (Å²) in [5.74, 6) is -0.824. The molecule has 1 heterocycles. The average molecular weight is 536 g/mol. The lowest BCUT2D eigenvalue weighted by Gasteiger charge is -2.23. The summed E-state index contributed by atoms with van der Waals surface area (Å²) >= 11 is 13.3. The molecule has 3 rings (SSSR count). The van der Waals surface area contributed by atoms with Gasteiger partial charge in [-0.3, -0.25) is 9.59 Å². The minimum absolute atomic E-state index is 0.0112. The van der Waals surface area contributed by atoms with Crippen molar-refractivity contribution < 1.29 is 14.0 Å². The van der Waals surface area contributed by atoms with Crippen LogP contribution in [-0.4, -0.2) is 32.3 Å². The topological polar surface area (TPSA) is 88.9 Å². The molecular formula is C24H24Cl2FN5O2S. The van der Waals surface area contributed by atoms with Crippen molar-refractivity contribution in [2.24, 2.45) is 5.92 Å². The van der Waals surface area contributed by atoms with Gasteiger partial charge in [0, 0.05) is 11.6 Å². The minimum atomic E-state index is -0.515. The van der Waals surface area contributed by atoms with Gasteiger partial charge < -0.3 is 15.2 Å². The van der Waals surface area contributed by atoms with Crippen LogP contribution in [-0.2, 0) is 11.3 Å². The van der Waals surface area contributed by atoms with E-state index in [1.54, 1.807) is 34.9 Å². The van der Waals surface area contributed by atoms with Crippen molar-refractivity contribution in [3.8, 4) is 0 Å². The fourth-order valence-electron chi connectivity index (χ4n) is 3.24. The molecule has 0 aliphatic heterocycles. The molecular weight excluding hydrogens is 512 g/mol. The quantitative estimate of drug-likeness (QED) is 0.254. The molecule has 0 unspecified atom stereocenters. The molecule has 0 spiro atoms. The standard InChI is InChI=1S/C24H24Cl2FN5O2S/c1-4-11-32-22(21(14(2)3)29-23(34)16-10-9-15(25)12-17(16)26)30-31-24(32)35-13-20(33)28-19-8-6-5-7-18(19)27/h4-10,12,14,21H,1,11,13H2,2-3H3,(H,28,33)(H,29,34)/t21-/m0/s1. The van der Waals surface area contributed by atoms with E-state index in [0.717, 1.165) is 11.8 Å². The molecule has 2 amide bonds. The molecule has 0 fully saturated rings. The van der Waals surface area contributed by atoms with Crippen LogP contribution in [0.25, 0.3) is 0 Å². The molecule has 0 bridgehead atoms. The Kier molecular flexibility index (Phi) is 9.31. The van der Waals surface area contributed by atoms with Gasteiger partial charge in [0.25, 0.3) is 5.91 Å². The Morgan fingerprint density at radius 3 is 2.60 bits per heavy atom. The molecule has 0 saturated carbocycles. The van der Waals surface area contributed by atoms with Crippen LogP contribution < -0.4 is 10.6 Å². The first kappa shape index (κ1) is 26.7. The van der Waals surface area contributed by atoms with Crippen LogP contribution in [0.1, 0.15) is 36.1 Å². The summed E-state index contributed by atoms with van der Waals surface area (Å²) in [5.41, 5.74) is 0.394. The third-order valence-electron chi connectivity index (χ3n) is 4.94. The van der Waals surface area contributed by atoms with Gasteiger partial charge in [-0.1, -0.05) is 67.0 Å². The van der Waals surface area contributed by atoms with Crippen LogP contribution >= 0.6 is 35.0 Å². The van der Waals surface area contributed by atoms with Crippen molar-refractivity contribution in [3.63, 3.8) is 0 Å². The number of hydrogen-bond donors (Lipinski definition) is 2. The fraction of sp³-hybridized carbons (Fsp3) is 0.250. The highest BCUT2D eigenvalue weighted by Gasteiger charge is 2.27. The van der Waals surface area contributed by atoms with Gasteiger partial charge in [-0.15, -0.1) is 16.8 Å². The SMILES string of the molecule is C=CCn1c(SCC(=O)Nc2ccccc2F)nnc1[C@@H](NC(=O)c1ccc(Cl)cc1Cl)C(C)C. The number of nitrogens with zero attached hydrogens (tertiary/aromatic N) is 3. The molecule has 0 radical (unpaired) electrons. The van der Waals surface area contributed by atoms with E-state index < -0.39 is 11.9 Å². The molecule has 3 aromatic rings. The second-order valence-corrected chi connectivity index (χ2v) is 9.66. The Labute approximate surface area is 217 Å². The first-order chi connectivity index (χ1) is 16.7. The van der Waals surface area contributed by atoms with Crippen LogP contribution in [0, 0.1) is 11.7 Å². The number of carbonyl (C=O) groups is 2. The van der Waals surface area contributed by atoms with Gasteiger partial charge in [0.1, 0.15) is 5.82 Å². The number of aromatic nitrogens is 3. The number of nitrogens with one attached hydrogen (secondary N) is 2. The number of thioether (sulfide) groups is 1. The van der Waals surface area contributed by atoms with Crippen molar-refractivity contribution in [2.75, 3.05) is 11.1 Å². The predicted octanol–water partition coefficient (Wildman–Crippen LogP) is 5.77. The van der Waals surface area contributed by atoms with E-state index in [4.69, 9.17) is 23.2 Å². The molecule has 1 aromatic heterocycles. The zero-order chi connectivity index (χ0) is 25.5. The van der Waals surface area contributed by atoms with E-state index in [9.17, 15) is 14.0 Å². The van der Waals surface area contributed by atoms with E-state index in [-0.39, 0.29) is 39.8 Å². The first-order valence-corrected chi connectivity index (χ1v) is 12.4. The maximum absolute atomic E-state index is 13.8. The monoisotopic (exact) mass is 535 g/mol. The second-order valence-electron chi connectivity index (χ2n) is 7.88. The molecule has 0 saturated heterocycles. The van der Waals surface area contributed by atoms with E-state index in [0.29, 0.717) is 22.5 Å². The highest BCUT2D eigenvalue weighted by molar-refractivity contribution is 7.99. The summed E-state index contributed by atoms with van der Waals surface area (Å²) in [7, 11) is 0. The van der Waals surface area contributed by atoms with E-state index in [2.05, 4.69) is 27.4 Å². The first-order valence-electron chi connectivity index (χ1n) is 10.7. The number of anilines is 1. The molecule has 2 aromatic carbocycles. The maximum atomic E-state index is 13.8. The summed E-state index contributed by atoms with van der Waals surface area (Å²) in [6, 6.07) is 10.1. The highest BCUT2D eigenvalue weighted by atomic mass is 35.5. The number of halogens is 3. The smallest absolute Gasteiger partial charge is 0.253 e. The molecule has 0 aliphatic rings. The Morgan fingerprint density at radius 2 is 1.94 bits per heavy atom. The lowest BCUT2D eigenvalue weighted by atomic mass is 10.0.